The van der Waals surface area contributed by atoms with Crippen LogP contribution in [0.1, 0.15) is 31.1 Å². The van der Waals surface area contributed by atoms with Crippen molar-refractivity contribution in [2.75, 3.05) is 6.54 Å². The molecule has 0 fully saturated rings. The molecule has 0 saturated carbocycles. The number of nitrogens with one attached hydrogen (secondary N) is 1. The molecule has 2 heterocycles. The summed E-state index contributed by atoms with van der Waals surface area (Å²) in [5.74, 6) is -1.24. The molecule has 0 aromatic carbocycles. The van der Waals surface area contributed by atoms with E-state index in [-0.39, 0.29) is 12.1 Å². The molecule has 116 valence electrons. The number of hydrogen-bond acceptors (Lipinski definition) is 5. The Morgan fingerprint density at radius 3 is 2.73 bits per heavy atom. The van der Waals surface area contributed by atoms with Crippen molar-refractivity contribution >= 4 is 17.5 Å². The summed E-state index contributed by atoms with van der Waals surface area (Å²) in [6.07, 6.45) is 2.72. The molecule has 0 atom stereocenters. The van der Waals surface area contributed by atoms with Crippen molar-refractivity contribution in [2.45, 2.75) is 26.4 Å². The van der Waals surface area contributed by atoms with E-state index in [1.54, 1.807) is 39.0 Å². The first kappa shape index (κ1) is 15.7. The van der Waals surface area contributed by atoms with Gasteiger partial charge in [-0.1, -0.05) is 6.07 Å². The maximum atomic E-state index is 12.2. The minimum absolute atomic E-state index is 0.132. The third kappa shape index (κ3) is 3.69. The van der Waals surface area contributed by atoms with E-state index < -0.39 is 23.0 Å². The van der Waals surface area contributed by atoms with Crippen molar-refractivity contribution in [1.82, 2.24) is 14.7 Å². The average molecular weight is 303 g/mol. The second-order valence-electron chi connectivity index (χ2n) is 5.67. The van der Waals surface area contributed by atoms with E-state index in [0.29, 0.717) is 5.65 Å². The summed E-state index contributed by atoms with van der Waals surface area (Å²) in [6, 6.07) is 5.06. The van der Waals surface area contributed by atoms with Crippen LogP contribution in [0.4, 0.5) is 0 Å². The quantitative estimate of drug-likeness (QED) is 0.846. The molecule has 0 aliphatic carbocycles. The summed E-state index contributed by atoms with van der Waals surface area (Å²) >= 11 is 0. The van der Waals surface area contributed by atoms with Crippen molar-refractivity contribution in [3.63, 3.8) is 0 Å². The molecule has 0 unspecified atom stereocenters. The minimum Gasteiger partial charge on any atom is -0.459 e. The number of carbonyl (C=O) groups excluding carboxylic acids is 2. The Morgan fingerprint density at radius 1 is 1.32 bits per heavy atom. The fourth-order valence-electron chi connectivity index (χ4n) is 1.81. The van der Waals surface area contributed by atoms with Crippen LogP contribution in [0.5, 0.6) is 0 Å². The van der Waals surface area contributed by atoms with Crippen LogP contribution in [0, 0.1) is 0 Å². The second-order valence-corrected chi connectivity index (χ2v) is 5.67. The van der Waals surface area contributed by atoms with E-state index in [2.05, 4.69) is 10.3 Å². The number of pyridine rings is 1. The monoisotopic (exact) mass is 303 g/mol. The summed E-state index contributed by atoms with van der Waals surface area (Å²) in [5, 5.41) is 2.36. The Labute approximate surface area is 126 Å². The lowest BCUT2D eigenvalue weighted by Gasteiger charge is -2.19. The number of nitrogens with zero attached hydrogens (tertiary/aromatic N) is 2. The predicted molar refractivity (Wildman–Crippen MR) is 79.6 cm³/mol. The fraction of sp³-hybridized carbons (Fsp3) is 0.333. The molecular weight excluding hydrogens is 286 g/mol. The number of ether oxygens (including phenoxy) is 1. The molecule has 7 heteroatoms. The lowest BCUT2D eigenvalue weighted by Crippen LogP contribution is -2.37. The van der Waals surface area contributed by atoms with Crippen molar-refractivity contribution in [3.8, 4) is 0 Å². The summed E-state index contributed by atoms with van der Waals surface area (Å²) in [4.78, 5) is 39.8. The van der Waals surface area contributed by atoms with Gasteiger partial charge >= 0.3 is 5.97 Å². The first-order valence-electron chi connectivity index (χ1n) is 6.74. The molecule has 1 amide bonds. The van der Waals surface area contributed by atoms with Gasteiger partial charge in [-0.3, -0.25) is 18.8 Å². The zero-order valence-electron chi connectivity index (χ0n) is 12.6. The smallest absolute Gasteiger partial charge is 0.325 e. The molecule has 2 rings (SSSR count). The van der Waals surface area contributed by atoms with Crippen LogP contribution in [0.3, 0.4) is 0 Å². The number of esters is 1. The van der Waals surface area contributed by atoms with E-state index >= 15 is 0 Å². The van der Waals surface area contributed by atoms with Crippen LogP contribution >= 0.6 is 0 Å². The Bertz CT molecular complexity index is 774. The van der Waals surface area contributed by atoms with Gasteiger partial charge in [0.2, 0.25) is 0 Å². The molecule has 0 bridgehead atoms. The molecule has 7 nitrogen and oxygen atoms in total. The SMILES string of the molecule is CC(C)(C)OC(=O)CNC(=O)c1cnc2ccccn2c1=O. The van der Waals surface area contributed by atoms with Crippen LogP contribution in [0.15, 0.2) is 35.4 Å². The number of amides is 1. The first-order valence-corrected chi connectivity index (χ1v) is 6.74. The maximum absolute atomic E-state index is 12.2. The average Bonchev–Trinajstić information content (AvgIpc) is 2.44. The number of hydrogen-bond donors (Lipinski definition) is 1. The van der Waals surface area contributed by atoms with Gasteiger partial charge in [0, 0.05) is 12.4 Å². The van der Waals surface area contributed by atoms with Crippen LogP contribution in [0.25, 0.3) is 5.65 Å². The van der Waals surface area contributed by atoms with Crippen LogP contribution in [-0.2, 0) is 9.53 Å². The van der Waals surface area contributed by atoms with Gasteiger partial charge < -0.3 is 10.1 Å². The Kier molecular flexibility index (Phi) is 4.25. The molecule has 0 radical (unpaired) electrons. The van der Waals surface area contributed by atoms with Gasteiger partial charge in [0.25, 0.3) is 11.5 Å². The highest BCUT2D eigenvalue weighted by molar-refractivity contribution is 5.95. The lowest BCUT2D eigenvalue weighted by atomic mass is 10.2. The topological polar surface area (TPSA) is 89.8 Å². The summed E-state index contributed by atoms with van der Waals surface area (Å²) in [7, 11) is 0. The highest BCUT2D eigenvalue weighted by Crippen LogP contribution is 2.06. The van der Waals surface area contributed by atoms with Crippen LogP contribution in [-0.4, -0.2) is 33.4 Å². The van der Waals surface area contributed by atoms with Crippen molar-refractivity contribution < 1.29 is 14.3 Å². The Balaban J connectivity index is 2.12. The zero-order valence-corrected chi connectivity index (χ0v) is 12.6. The summed E-state index contributed by atoms with van der Waals surface area (Å²) in [5.41, 5.74) is -0.818. The van der Waals surface area contributed by atoms with E-state index in [1.807, 2.05) is 0 Å². The predicted octanol–water partition coefficient (Wildman–Crippen LogP) is 0.766. The Morgan fingerprint density at radius 2 is 2.05 bits per heavy atom. The molecule has 0 saturated heterocycles. The van der Waals surface area contributed by atoms with Gasteiger partial charge in [-0.25, -0.2) is 4.98 Å². The van der Waals surface area contributed by atoms with Crippen molar-refractivity contribution in [1.29, 1.82) is 0 Å². The standard InChI is InChI=1S/C15H17N3O4/c1-15(2,3)22-12(19)9-17-13(20)10-8-16-11-6-4-5-7-18(11)14(10)21/h4-8H,9H2,1-3H3,(H,17,20). The number of carbonyl (C=O) groups is 2. The van der Waals surface area contributed by atoms with E-state index in [1.165, 1.54) is 16.8 Å². The van der Waals surface area contributed by atoms with E-state index in [4.69, 9.17) is 4.74 Å². The number of fused-ring (bicyclic) bond motifs is 1. The Hall–Kier alpha value is -2.70. The first-order chi connectivity index (χ1) is 10.3. The van der Waals surface area contributed by atoms with Gasteiger partial charge in [-0.15, -0.1) is 0 Å². The number of rotatable bonds is 3. The largest absolute Gasteiger partial charge is 0.459 e. The molecule has 0 aliphatic heterocycles. The molecule has 0 spiro atoms. The highest BCUT2D eigenvalue weighted by atomic mass is 16.6. The minimum atomic E-state index is -0.665. The van der Waals surface area contributed by atoms with Gasteiger partial charge in [0.1, 0.15) is 23.4 Å². The molecule has 22 heavy (non-hydrogen) atoms. The van der Waals surface area contributed by atoms with Crippen molar-refractivity contribution in [2.24, 2.45) is 0 Å². The molecule has 0 aliphatic rings. The van der Waals surface area contributed by atoms with Crippen LogP contribution in [0.2, 0.25) is 0 Å². The highest BCUT2D eigenvalue weighted by Gasteiger charge is 2.18. The van der Waals surface area contributed by atoms with E-state index in [9.17, 15) is 14.4 Å². The van der Waals surface area contributed by atoms with Gasteiger partial charge in [0.05, 0.1) is 0 Å². The fourth-order valence-corrected chi connectivity index (χ4v) is 1.81. The molecule has 1 N–H and O–H groups in total. The van der Waals surface area contributed by atoms with Gasteiger partial charge in [0.15, 0.2) is 0 Å². The number of aromatic nitrogens is 2. The maximum Gasteiger partial charge on any atom is 0.325 e. The van der Waals surface area contributed by atoms with E-state index in [0.717, 1.165) is 0 Å². The third-order valence-corrected chi connectivity index (χ3v) is 2.67. The third-order valence-electron chi connectivity index (χ3n) is 2.67. The molecule has 2 aromatic heterocycles. The van der Waals surface area contributed by atoms with Crippen LogP contribution < -0.4 is 10.9 Å². The zero-order chi connectivity index (χ0) is 16.3. The van der Waals surface area contributed by atoms with Crippen molar-refractivity contribution in [3.05, 3.63) is 46.5 Å². The molecular formula is C15H17N3O4. The molecule has 2 aromatic rings. The summed E-state index contributed by atoms with van der Waals surface area (Å²) in [6.45, 7) is 4.87. The normalized spacial score (nSPS) is 11.2. The van der Waals surface area contributed by atoms with Gasteiger partial charge in [-0.05, 0) is 32.9 Å². The lowest BCUT2D eigenvalue weighted by molar-refractivity contribution is -0.153. The summed E-state index contributed by atoms with van der Waals surface area (Å²) < 4.78 is 6.34. The van der Waals surface area contributed by atoms with Gasteiger partial charge in [-0.2, -0.15) is 0 Å². The second kappa shape index (κ2) is 5.97.